The Morgan fingerprint density at radius 1 is 1.69 bits per heavy atom. The summed E-state index contributed by atoms with van der Waals surface area (Å²) in [5, 5.41) is 15.4. The molecule has 0 saturated carbocycles. The molecule has 1 rings (SSSR count). The van der Waals surface area contributed by atoms with E-state index in [0.29, 0.717) is 32.0 Å². The van der Waals surface area contributed by atoms with Gasteiger partial charge in [-0.15, -0.1) is 0 Å². The van der Waals surface area contributed by atoms with Crippen molar-refractivity contribution in [1.82, 2.24) is 10.6 Å². The van der Waals surface area contributed by atoms with Gasteiger partial charge in [0, 0.05) is 26.1 Å². The number of hydrogen-bond donors (Lipinski definition) is 3. The molecule has 3 N–H and O–H groups in total. The molecular formula is C11H22N2O3. The first-order valence-electron chi connectivity index (χ1n) is 5.89. The van der Waals surface area contributed by atoms with Gasteiger partial charge in [0.25, 0.3) is 0 Å². The van der Waals surface area contributed by atoms with E-state index in [4.69, 9.17) is 4.74 Å². The molecule has 0 spiro atoms. The molecule has 2 atom stereocenters. The Hall–Kier alpha value is -0.650. The first-order valence-corrected chi connectivity index (χ1v) is 5.89. The van der Waals surface area contributed by atoms with Crippen LogP contribution in [0.2, 0.25) is 0 Å². The van der Waals surface area contributed by atoms with E-state index in [0.717, 1.165) is 19.4 Å². The minimum Gasteiger partial charge on any atom is -0.391 e. The Labute approximate surface area is 96.6 Å². The first kappa shape index (κ1) is 13.4. The molecular weight excluding hydrogens is 208 g/mol. The van der Waals surface area contributed by atoms with Gasteiger partial charge in [-0.3, -0.25) is 4.79 Å². The van der Waals surface area contributed by atoms with Crippen molar-refractivity contribution in [3.63, 3.8) is 0 Å². The summed E-state index contributed by atoms with van der Waals surface area (Å²) in [6.45, 7) is 1.85. The standard InChI is InChI=1S/C11H22N2O3/c1-16-8-10(14)4-6-13-11(15)7-9-3-2-5-12-9/h9-10,12,14H,2-8H2,1H3,(H,13,15). The molecule has 1 heterocycles. The molecule has 0 radical (unpaired) electrons. The molecule has 1 saturated heterocycles. The number of amides is 1. The normalized spacial score (nSPS) is 22.0. The van der Waals surface area contributed by atoms with Crippen LogP contribution in [0.4, 0.5) is 0 Å². The highest BCUT2D eigenvalue weighted by Gasteiger charge is 2.17. The molecule has 0 aromatic rings. The minimum atomic E-state index is -0.491. The number of carbonyl (C=O) groups excluding carboxylic acids is 1. The van der Waals surface area contributed by atoms with E-state index in [1.54, 1.807) is 7.11 Å². The van der Waals surface area contributed by atoms with E-state index in [2.05, 4.69) is 10.6 Å². The third kappa shape index (κ3) is 5.44. The predicted octanol–water partition coefficient (Wildman–Crippen LogP) is -0.358. The maximum Gasteiger partial charge on any atom is 0.221 e. The van der Waals surface area contributed by atoms with E-state index in [1.165, 1.54) is 0 Å². The molecule has 0 bridgehead atoms. The van der Waals surface area contributed by atoms with Gasteiger partial charge in [-0.1, -0.05) is 0 Å². The fourth-order valence-corrected chi connectivity index (χ4v) is 1.88. The highest BCUT2D eigenvalue weighted by atomic mass is 16.5. The molecule has 2 unspecified atom stereocenters. The third-order valence-electron chi connectivity index (χ3n) is 2.75. The van der Waals surface area contributed by atoms with E-state index >= 15 is 0 Å². The van der Waals surface area contributed by atoms with Gasteiger partial charge in [-0.2, -0.15) is 0 Å². The van der Waals surface area contributed by atoms with Crippen molar-refractivity contribution in [2.24, 2.45) is 0 Å². The second-order valence-corrected chi connectivity index (χ2v) is 4.25. The molecule has 94 valence electrons. The quantitative estimate of drug-likeness (QED) is 0.559. The summed E-state index contributed by atoms with van der Waals surface area (Å²) < 4.78 is 4.80. The van der Waals surface area contributed by atoms with Crippen molar-refractivity contribution in [3.8, 4) is 0 Å². The Kier molecular flexibility index (Phi) is 6.37. The maximum atomic E-state index is 11.5. The number of ether oxygens (including phenoxy) is 1. The Bertz CT molecular complexity index is 205. The summed E-state index contributed by atoms with van der Waals surface area (Å²) in [5.41, 5.74) is 0. The molecule has 0 aromatic heterocycles. The number of carbonyl (C=O) groups is 1. The average Bonchev–Trinajstić information content (AvgIpc) is 2.70. The molecule has 5 heteroatoms. The molecule has 0 aromatic carbocycles. The lowest BCUT2D eigenvalue weighted by atomic mass is 10.1. The van der Waals surface area contributed by atoms with Crippen molar-refractivity contribution in [2.75, 3.05) is 26.8 Å². The van der Waals surface area contributed by atoms with Gasteiger partial charge >= 0.3 is 0 Å². The SMILES string of the molecule is COCC(O)CCNC(=O)CC1CCCN1. The second-order valence-electron chi connectivity index (χ2n) is 4.25. The van der Waals surface area contributed by atoms with E-state index < -0.39 is 6.10 Å². The monoisotopic (exact) mass is 230 g/mol. The molecule has 0 aliphatic carbocycles. The van der Waals surface area contributed by atoms with Gasteiger partial charge in [-0.05, 0) is 25.8 Å². The highest BCUT2D eigenvalue weighted by Crippen LogP contribution is 2.08. The van der Waals surface area contributed by atoms with Crippen LogP contribution in [0, 0.1) is 0 Å². The number of aliphatic hydroxyl groups is 1. The number of rotatable bonds is 7. The average molecular weight is 230 g/mol. The van der Waals surface area contributed by atoms with Crippen LogP contribution < -0.4 is 10.6 Å². The number of aliphatic hydroxyl groups excluding tert-OH is 1. The van der Waals surface area contributed by atoms with Crippen LogP contribution in [0.25, 0.3) is 0 Å². The van der Waals surface area contributed by atoms with Crippen molar-refractivity contribution in [1.29, 1.82) is 0 Å². The molecule has 1 aliphatic rings. The lowest BCUT2D eigenvalue weighted by molar-refractivity contribution is -0.121. The van der Waals surface area contributed by atoms with Crippen molar-refractivity contribution < 1.29 is 14.6 Å². The molecule has 16 heavy (non-hydrogen) atoms. The minimum absolute atomic E-state index is 0.0593. The Morgan fingerprint density at radius 3 is 3.12 bits per heavy atom. The van der Waals surface area contributed by atoms with E-state index in [9.17, 15) is 9.90 Å². The van der Waals surface area contributed by atoms with Crippen molar-refractivity contribution >= 4 is 5.91 Å². The Balaban J connectivity index is 2.01. The number of hydrogen-bond acceptors (Lipinski definition) is 4. The van der Waals surface area contributed by atoms with Gasteiger partial charge in [0.15, 0.2) is 0 Å². The summed E-state index contributed by atoms with van der Waals surface area (Å²) in [4.78, 5) is 11.5. The van der Waals surface area contributed by atoms with Crippen LogP contribution in [0.3, 0.4) is 0 Å². The summed E-state index contributed by atoms with van der Waals surface area (Å²) in [6.07, 6.45) is 2.83. The summed E-state index contributed by atoms with van der Waals surface area (Å²) in [6, 6.07) is 0.337. The van der Waals surface area contributed by atoms with Crippen LogP contribution in [0.1, 0.15) is 25.7 Å². The third-order valence-corrected chi connectivity index (χ3v) is 2.75. The van der Waals surface area contributed by atoms with Crippen LogP contribution in [-0.4, -0.2) is 50.0 Å². The largest absolute Gasteiger partial charge is 0.391 e. The lowest BCUT2D eigenvalue weighted by Crippen LogP contribution is -2.33. The Morgan fingerprint density at radius 2 is 2.50 bits per heavy atom. The highest BCUT2D eigenvalue weighted by molar-refractivity contribution is 5.76. The molecule has 1 fully saturated rings. The van der Waals surface area contributed by atoms with Crippen LogP contribution in [-0.2, 0) is 9.53 Å². The summed E-state index contributed by atoms with van der Waals surface area (Å²) >= 11 is 0. The fourth-order valence-electron chi connectivity index (χ4n) is 1.88. The molecule has 5 nitrogen and oxygen atoms in total. The van der Waals surface area contributed by atoms with Gasteiger partial charge in [0.1, 0.15) is 0 Å². The predicted molar refractivity (Wildman–Crippen MR) is 61.2 cm³/mol. The van der Waals surface area contributed by atoms with Crippen LogP contribution >= 0.6 is 0 Å². The van der Waals surface area contributed by atoms with Gasteiger partial charge in [0.05, 0.1) is 12.7 Å². The van der Waals surface area contributed by atoms with Gasteiger partial charge in [-0.25, -0.2) is 0 Å². The zero-order valence-electron chi connectivity index (χ0n) is 9.87. The lowest BCUT2D eigenvalue weighted by Gasteiger charge is -2.12. The molecule has 1 amide bonds. The zero-order chi connectivity index (χ0) is 11.8. The fraction of sp³-hybridized carbons (Fsp3) is 0.909. The number of nitrogens with one attached hydrogen (secondary N) is 2. The van der Waals surface area contributed by atoms with Crippen molar-refractivity contribution in [3.05, 3.63) is 0 Å². The van der Waals surface area contributed by atoms with Gasteiger partial charge in [0.2, 0.25) is 5.91 Å². The number of methoxy groups -OCH3 is 1. The summed E-state index contributed by atoms with van der Waals surface area (Å²) in [5.74, 6) is 0.0593. The first-order chi connectivity index (χ1) is 7.72. The zero-order valence-corrected chi connectivity index (χ0v) is 9.87. The smallest absolute Gasteiger partial charge is 0.221 e. The van der Waals surface area contributed by atoms with Gasteiger partial charge < -0.3 is 20.5 Å². The van der Waals surface area contributed by atoms with Crippen LogP contribution in [0.5, 0.6) is 0 Å². The molecule has 1 aliphatic heterocycles. The second kappa shape index (κ2) is 7.60. The van der Waals surface area contributed by atoms with E-state index in [-0.39, 0.29) is 5.91 Å². The van der Waals surface area contributed by atoms with E-state index in [1.807, 2.05) is 0 Å². The maximum absolute atomic E-state index is 11.5. The van der Waals surface area contributed by atoms with Crippen molar-refractivity contribution in [2.45, 2.75) is 37.8 Å². The van der Waals surface area contributed by atoms with Crippen LogP contribution in [0.15, 0.2) is 0 Å². The topological polar surface area (TPSA) is 70.6 Å². The summed E-state index contributed by atoms with van der Waals surface area (Å²) in [7, 11) is 1.55.